The van der Waals surface area contributed by atoms with Gasteiger partial charge in [0.25, 0.3) is 0 Å². The maximum absolute atomic E-state index is 13.6. The molecule has 2 aromatic rings. The molecule has 0 fully saturated rings. The van der Waals surface area contributed by atoms with Crippen molar-refractivity contribution in [2.24, 2.45) is 0 Å². The molecule has 0 atom stereocenters. The molecule has 0 aromatic heterocycles. The van der Waals surface area contributed by atoms with E-state index in [1.165, 1.54) is 24.3 Å². The van der Waals surface area contributed by atoms with Gasteiger partial charge in [-0.25, -0.2) is 12.8 Å². The molecule has 0 aliphatic heterocycles. The van der Waals surface area contributed by atoms with Gasteiger partial charge in [-0.2, -0.15) is 0 Å². The van der Waals surface area contributed by atoms with Gasteiger partial charge in [-0.05, 0) is 30.3 Å². The first-order valence-corrected chi connectivity index (χ1v) is 7.72. The Kier molecular flexibility index (Phi) is 3.94. The minimum absolute atomic E-state index is 0.000666. The van der Waals surface area contributed by atoms with Crippen molar-refractivity contribution < 1.29 is 17.5 Å². The zero-order valence-electron chi connectivity index (χ0n) is 10.8. The van der Waals surface area contributed by atoms with Crippen molar-refractivity contribution in [2.45, 2.75) is 11.5 Å². The highest BCUT2D eigenvalue weighted by molar-refractivity contribution is 7.90. The van der Waals surface area contributed by atoms with Crippen LogP contribution in [0, 0.1) is 5.82 Å². The highest BCUT2D eigenvalue weighted by atomic mass is 32.2. The quantitative estimate of drug-likeness (QED) is 0.879. The summed E-state index contributed by atoms with van der Waals surface area (Å²) in [6, 6.07) is 10.4. The van der Waals surface area contributed by atoms with E-state index in [0.717, 1.165) is 6.26 Å². The molecule has 2 rings (SSSR count). The molecule has 0 unspecified atom stereocenters. The van der Waals surface area contributed by atoms with Crippen molar-refractivity contribution in [3.63, 3.8) is 0 Å². The van der Waals surface area contributed by atoms with Crippen molar-refractivity contribution in [3.8, 4) is 5.75 Å². The third-order valence-electron chi connectivity index (χ3n) is 2.71. The van der Waals surface area contributed by atoms with Crippen LogP contribution < -0.4 is 10.5 Å². The predicted molar refractivity (Wildman–Crippen MR) is 74.7 cm³/mol. The van der Waals surface area contributed by atoms with Crippen molar-refractivity contribution in [3.05, 3.63) is 53.8 Å². The lowest BCUT2D eigenvalue weighted by Crippen LogP contribution is -2.01. The Morgan fingerprint density at radius 3 is 2.60 bits per heavy atom. The van der Waals surface area contributed by atoms with Gasteiger partial charge in [0.2, 0.25) is 0 Å². The summed E-state index contributed by atoms with van der Waals surface area (Å²) in [7, 11) is -3.29. The van der Waals surface area contributed by atoms with Gasteiger partial charge in [0, 0.05) is 17.5 Å². The minimum atomic E-state index is -3.29. The maximum Gasteiger partial charge on any atom is 0.175 e. The van der Waals surface area contributed by atoms with E-state index in [0.29, 0.717) is 17.0 Å². The SMILES string of the molecule is CS(=O)(=O)c1cccc(OCc2ccc(N)cc2F)c1. The molecule has 20 heavy (non-hydrogen) atoms. The Balaban J connectivity index is 2.15. The van der Waals surface area contributed by atoms with E-state index < -0.39 is 15.7 Å². The first-order chi connectivity index (χ1) is 9.36. The van der Waals surface area contributed by atoms with Gasteiger partial charge in [-0.1, -0.05) is 12.1 Å². The maximum atomic E-state index is 13.6. The number of sulfone groups is 1. The lowest BCUT2D eigenvalue weighted by Gasteiger charge is -2.08. The van der Waals surface area contributed by atoms with Crippen LogP contribution in [0.1, 0.15) is 5.56 Å². The normalized spacial score (nSPS) is 11.3. The molecule has 2 N–H and O–H groups in total. The van der Waals surface area contributed by atoms with E-state index in [9.17, 15) is 12.8 Å². The number of halogens is 1. The van der Waals surface area contributed by atoms with Crippen LogP contribution in [0.2, 0.25) is 0 Å². The van der Waals surface area contributed by atoms with E-state index in [-0.39, 0.29) is 11.5 Å². The molecule has 0 heterocycles. The van der Waals surface area contributed by atoms with Gasteiger partial charge < -0.3 is 10.5 Å². The van der Waals surface area contributed by atoms with Crippen LogP contribution >= 0.6 is 0 Å². The molecule has 0 radical (unpaired) electrons. The molecule has 0 spiro atoms. The molecule has 0 aliphatic rings. The average Bonchev–Trinajstić information content (AvgIpc) is 2.37. The summed E-state index contributed by atoms with van der Waals surface area (Å²) in [6.07, 6.45) is 1.12. The highest BCUT2D eigenvalue weighted by Crippen LogP contribution is 2.20. The van der Waals surface area contributed by atoms with Crippen molar-refractivity contribution >= 4 is 15.5 Å². The highest BCUT2D eigenvalue weighted by Gasteiger charge is 2.09. The van der Waals surface area contributed by atoms with Gasteiger partial charge in [0.05, 0.1) is 4.90 Å². The fourth-order valence-electron chi connectivity index (χ4n) is 1.64. The fraction of sp³-hybridized carbons (Fsp3) is 0.143. The van der Waals surface area contributed by atoms with Crippen molar-refractivity contribution in [2.75, 3.05) is 12.0 Å². The number of hydrogen-bond acceptors (Lipinski definition) is 4. The largest absolute Gasteiger partial charge is 0.489 e. The summed E-state index contributed by atoms with van der Waals surface area (Å²) in [6.45, 7) is -0.000666. The molecular formula is C14H14FNO3S. The van der Waals surface area contributed by atoms with Crippen LogP contribution in [0.3, 0.4) is 0 Å². The number of nitrogens with two attached hydrogens (primary N) is 1. The molecule has 6 heteroatoms. The van der Waals surface area contributed by atoms with Crippen LogP contribution in [-0.2, 0) is 16.4 Å². The zero-order chi connectivity index (χ0) is 14.8. The number of benzene rings is 2. The second-order valence-electron chi connectivity index (χ2n) is 4.39. The van der Waals surface area contributed by atoms with E-state index in [4.69, 9.17) is 10.5 Å². The topological polar surface area (TPSA) is 69.4 Å². The summed E-state index contributed by atoms with van der Waals surface area (Å²) < 4.78 is 41.8. The van der Waals surface area contributed by atoms with Gasteiger partial charge in [-0.15, -0.1) is 0 Å². The van der Waals surface area contributed by atoms with Gasteiger partial charge in [0.15, 0.2) is 9.84 Å². The first kappa shape index (κ1) is 14.3. The van der Waals surface area contributed by atoms with Gasteiger partial charge in [0.1, 0.15) is 18.2 Å². The summed E-state index contributed by atoms with van der Waals surface area (Å²) in [5, 5.41) is 0. The lowest BCUT2D eigenvalue weighted by molar-refractivity contribution is 0.299. The summed E-state index contributed by atoms with van der Waals surface area (Å²) in [5.41, 5.74) is 6.14. The molecule has 4 nitrogen and oxygen atoms in total. The molecule has 0 aliphatic carbocycles. The lowest BCUT2D eigenvalue weighted by atomic mass is 10.2. The molecule has 0 bridgehead atoms. The standard InChI is InChI=1S/C14H14FNO3S/c1-20(17,18)13-4-2-3-12(8-13)19-9-10-5-6-11(16)7-14(10)15/h2-8H,9,16H2,1H3. The molecule has 0 saturated carbocycles. The molecule has 0 saturated heterocycles. The number of rotatable bonds is 4. The smallest absolute Gasteiger partial charge is 0.175 e. The molecule has 0 amide bonds. The Morgan fingerprint density at radius 1 is 1.20 bits per heavy atom. The van der Waals surface area contributed by atoms with Gasteiger partial charge in [-0.3, -0.25) is 0 Å². The third kappa shape index (κ3) is 3.48. The predicted octanol–water partition coefficient (Wildman–Crippen LogP) is 2.39. The van der Waals surface area contributed by atoms with Crippen molar-refractivity contribution in [1.82, 2.24) is 0 Å². The molecule has 106 valence electrons. The number of hydrogen-bond donors (Lipinski definition) is 1. The number of nitrogen functional groups attached to an aromatic ring is 1. The van der Waals surface area contributed by atoms with E-state index >= 15 is 0 Å². The number of anilines is 1. The van der Waals surface area contributed by atoms with Gasteiger partial charge >= 0.3 is 0 Å². The van der Waals surface area contributed by atoms with Crippen LogP contribution in [0.5, 0.6) is 5.75 Å². The van der Waals surface area contributed by atoms with E-state index in [2.05, 4.69) is 0 Å². The van der Waals surface area contributed by atoms with Crippen LogP contribution in [0.25, 0.3) is 0 Å². The minimum Gasteiger partial charge on any atom is -0.489 e. The summed E-state index contributed by atoms with van der Waals surface area (Å²) >= 11 is 0. The Bertz CT molecular complexity index is 729. The molecular weight excluding hydrogens is 281 g/mol. The molecule has 2 aromatic carbocycles. The second-order valence-corrected chi connectivity index (χ2v) is 6.40. The van der Waals surface area contributed by atoms with E-state index in [1.54, 1.807) is 18.2 Å². The van der Waals surface area contributed by atoms with E-state index in [1.807, 2.05) is 0 Å². The number of ether oxygens (including phenoxy) is 1. The van der Waals surface area contributed by atoms with Crippen LogP contribution in [0.4, 0.5) is 10.1 Å². The van der Waals surface area contributed by atoms with Crippen LogP contribution in [0.15, 0.2) is 47.4 Å². The van der Waals surface area contributed by atoms with Crippen LogP contribution in [-0.4, -0.2) is 14.7 Å². The second kappa shape index (κ2) is 5.50. The fourth-order valence-corrected chi connectivity index (χ4v) is 2.29. The Labute approximate surface area is 116 Å². The first-order valence-electron chi connectivity index (χ1n) is 5.83. The Morgan fingerprint density at radius 2 is 1.95 bits per heavy atom. The Hall–Kier alpha value is -2.08. The average molecular weight is 295 g/mol. The zero-order valence-corrected chi connectivity index (χ0v) is 11.7. The summed E-state index contributed by atoms with van der Waals surface area (Å²) in [5.74, 6) is -0.0894. The van der Waals surface area contributed by atoms with Crippen molar-refractivity contribution in [1.29, 1.82) is 0 Å². The third-order valence-corrected chi connectivity index (χ3v) is 3.82. The summed E-state index contributed by atoms with van der Waals surface area (Å²) in [4.78, 5) is 0.160. The monoisotopic (exact) mass is 295 g/mol.